The molecule has 0 aliphatic rings. The van der Waals surface area contributed by atoms with Gasteiger partial charge in [-0.1, -0.05) is 0 Å². The van der Waals surface area contributed by atoms with Crippen LogP contribution in [-0.4, -0.2) is 9.55 Å². The van der Waals surface area contributed by atoms with E-state index in [1.54, 1.807) is 0 Å². The van der Waals surface area contributed by atoms with Gasteiger partial charge in [-0.2, -0.15) is 0 Å². The van der Waals surface area contributed by atoms with Gasteiger partial charge >= 0.3 is 0 Å². The van der Waals surface area contributed by atoms with Crippen LogP contribution in [0, 0.1) is 27.4 Å². The zero-order chi connectivity index (χ0) is 20.7. The number of aryl methyl sites for hydroxylation is 3. The Morgan fingerprint density at radius 1 is 1.04 bits per heavy atom. The lowest BCUT2D eigenvalue weighted by Crippen LogP contribution is -2.68. The molecular weight excluding hydrogens is 401 g/mol. The highest BCUT2D eigenvalue weighted by atomic mass is 35.7. The summed E-state index contributed by atoms with van der Waals surface area (Å²) in [5.41, 5.74) is 6.93. The van der Waals surface area contributed by atoms with Gasteiger partial charge in [-0.05, 0) is 4.98 Å². The van der Waals surface area contributed by atoms with Crippen LogP contribution in [0.3, 0.4) is 0 Å². The Morgan fingerprint density at radius 3 is 1.88 bits per heavy atom. The van der Waals surface area contributed by atoms with Crippen molar-refractivity contribution in [3.8, 4) is 0 Å². The van der Waals surface area contributed by atoms with Crippen molar-refractivity contribution in [1.82, 2.24) is 9.55 Å². The van der Waals surface area contributed by atoms with Gasteiger partial charge in [0, 0.05) is 6.92 Å². The van der Waals surface area contributed by atoms with Crippen molar-refractivity contribution in [3.63, 3.8) is 0 Å². The molecule has 2 aromatic heterocycles. The van der Waals surface area contributed by atoms with E-state index in [0.29, 0.717) is 5.82 Å². The molecule has 2 N–H and O–H groups in total. The molecule has 13 nitrogen and oxygen atoms in total. The van der Waals surface area contributed by atoms with E-state index >= 15 is 0 Å². The second kappa shape index (κ2) is 9.89. The summed E-state index contributed by atoms with van der Waals surface area (Å²) in [7, 11) is -5.92. The largest absolute Gasteiger partial charge is 0.362 e. The van der Waals surface area contributed by atoms with Gasteiger partial charge in [0.25, 0.3) is 5.82 Å². The van der Waals surface area contributed by atoms with Crippen LogP contribution in [-0.2, 0) is 20.6 Å². The van der Waals surface area contributed by atoms with Crippen LogP contribution in [0.5, 0.6) is 0 Å². The number of aromatic nitrogens is 4. The summed E-state index contributed by atoms with van der Waals surface area (Å²) < 4.78 is 74.0. The number of halogens is 2. The first-order chi connectivity index (χ1) is 11.6. The Labute approximate surface area is 152 Å². The number of nitrogen functional groups attached to an aromatic ring is 1. The SMILES string of the molecule is Cc1nc(N)c(Cn2cc[n+](C)c2)c[n+]1C.[O-][Cl+3]([O-])([O-])[O-].[O-][Cl+3]([O-])([O-])[O-]. The third kappa shape index (κ3) is 13.6. The van der Waals surface area contributed by atoms with Gasteiger partial charge in [0.05, 0.1) is 14.1 Å². The minimum atomic E-state index is -4.94. The molecule has 0 bridgehead atoms. The van der Waals surface area contributed by atoms with Gasteiger partial charge in [0.1, 0.15) is 30.7 Å². The van der Waals surface area contributed by atoms with E-state index in [0.717, 1.165) is 17.9 Å². The number of hydrogen-bond donors (Lipinski definition) is 1. The highest BCUT2D eigenvalue weighted by Gasteiger charge is 2.14. The number of anilines is 1. The molecule has 2 heterocycles. The molecular formula is C11H17Cl2N5O8. The predicted octanol–water partition coefficient (Wildman–Crippen LogP) is -10.0. The number of nitrogens with two attached hydrogens (primary N) is 1. The molecule has 26 heavy (non-hydrogen) atoms. The first-order valence-corrected chi connectivity index (χ1v) is 8.89. The van der Waals surface area contributed by atoms with Gasteiger partial charge < -0.3 is 5.73 Å². The highest BCUT2D eigenvalue weighted by Crippen LogP contribution is 2.07. The fourth-order valence-corrected chi connectivity index (χ4v) is 1.63. The highest BCUT2D eigenvalue weighted by molar-refractivity contribution is 5.36. The van der Waals surface area contributed by atoms with Crippen LogP contribution in [0.1, 0.15) is 11.4 Å². The molecule has 0 fully saturated rings. The van der Waals surface area contributed by atoms with Crippen molar-refractivity contribution in [2.75, 3.05) is 5.73 Å². The number of hydrogen-bond acceptors (Lipinski definition) is 10. The fourth-order valence-electron chi connectivity index (χ4n) is 1.63. The van der Waals surface area contributed by atoms with E-state index in [2.05, 4.69) is 9.55 Å². The molecule has 0 saturated heterocycles. The topological polar surface area (TPSA) is 236 Å². The molecule has 2 aromatic rings. The van der Waals surface area contributed by atoms with E-state index in [-0.39, 0.29) is 0 Å². The average Bonchev–Trinajstić information content (AvgIpc) is 2.77. The molecule has 0 aliphatic heterocycles. The van der Waals surface area contributed by atoms with Gasteiger partial charge in [-0.15, -0.1) is 20.5 Å². The lowest BCUT2D eigenvalue weighted by atomic mass is 10.3. The van der Waals surface area contributed by atoms with Gasteiger partial charge in [-0.25, -0.2) is 51.0 Å². The van der Waals surface area contributed by atoms with Crippen LogP contribution in [0.25, 0.3) is 0 Å². The molecule has 0 amide bonds. The number of imidazole rings is 1. The van der Waals surface area contributed by atoms with Crippen LogP contribution in [0.4, 0.5) is 5.82 Å². The van der Waals surface area contributed by atoms with Crippen molar-refractivity contribution < 1.29 is 66.9 Å². The monoisotopic (exact) mass is 417 g/mol. The smallest absolute Gasteiger partial charge is 0.297 e. The van der Waals surface area contributed by atoms with Crippen LogP contribution in [0.15, 0.2) is 24.9 Å². The molecule has 0 aliphatic carbocycles. The van der Waals surface area contributed by atoms with Gasteiger partial charge in [0.2, 0.25) is 12.1 Å². The lowest BCUT2D eigenvalue weighted by Gasteiger charge is -2.17. The van der Waals surface area contributed by atoms with E-state index in [9.17, 15) is 0 Å². The Hall–Kier alpha value is -1.65. The summed E-state index contributed by atoms with van der Waals surface area (Å²) in [6, 6.07) is 0. The summed E-state index contributed by atoms with van der Waals surface area (Å²) in [5, 5.41) is 0. The summed E-state index contributed by atoms with van der Waals surface area (Å²) in [4.78, 5) is 4.30. The van der Waals surface area contributed by atoms with Crippen LogP contribution < -0.4 is 52.1 Å². The van der Waals surface area contributed by atoms with Crippen molar-refractivity contribution >= 4 is 5.82 Å². The van der Waals surface area contributed by atoms with Gasteiger partial charge in [0.15, 0.2) is 0 Å². The molecule has 148 valence electrons. The quantitative estimate of drug-likeness (QED) is 0.452. The van der Waals surface area contributed by atoms with E-state index in [1.807, 2.05) is 55.1 Å². The standard InChI is InChI=1S/C11H16N5.2ClHO4/c1-9-13-11(12)10(6-15(9)3)7-16-5-4-14(2)8-16;2*2-1(3,4)5/h4-6,8,12H,7H2,1-3H3;2*(H,2,3,4,5)/q+1;;/p-1. The summed E-state index contributed by atoms with van der Waals surface area (Å²) >= 11 is 0. The minimum absolute atomic E-state index is 0.604. The normalized spacial score (nSPS) is 11.2. The van der Waals surface area contributed by atoms with Crippen molar-refractivity contribution in [2.45, 2.75) is 13.5 Å². The van der Waals surface area contributed by atoms with Crippen molar-refractivity contribution in [1.29, 1.82) is 0 Å². The number of rotatable bonds is 2. The van der Waals surface area contributed by atoms with Crippen LogP contribution in [0.2, 0.25) is 0 Å². The van der Waals surface area contributed by atoms with Crippen molar-refractivity contribution in [2.24, 2.45) is 14.1 Å². The third-order valence-corrected chi connectivity index (χ3v) is 2.65. The number of nitrogens with zero attached hydrogens (tertiary/aromatic N) is 4. The molecule has 0 radical (unpaired) electrons. The summed E-state index contributed by atoms with van der Waals surface area (Å²) in [6.45, 7) is 2.68. The molecule has 0 aromatic carbocycles. The Bertz CT molecular complexity index is 677. The second-order valence-corrected chi connectivity index (χ2v) is 6.33. The minimum Gasteiger partial charge on any atom is -0.362 e. The molecule has 15 heteroatoms. The molecule has 0 spiro atoms. The zero-order valence-electron chi connectivity index (χ0n) is 13.9. The lowest BCUT2D eigenvalue weighted by molar-refractivity contribution is -2.00. The van der Waals surface area contributed by atoms with Crippen LogP contribution >= 0.6 is 0 Å². The van der Waals surface area contributed by atoms with E-state index in [4.69, 9.17) is 43.0 Å². The summed E-state index contributed by atoms with van der Waals surface area (Å²) in [5.74, 6) is 1.52. The Morgan fingerprint density at radius 2 is 1.50 bits per heavy atom. The van der Waals surface area contributed by atoms with Gasteiger partial charge in [-0.3, -0.25) is 0 Å². The fraction of sp³-hybridized carbons (Fsp3) is 0.364. The zero-order valence-corrected chi connectivity index (χ0v) is 15.4. The molecule has 0 atom stereocenters. The Balaban J connectivity index is 0.000000520. The molecule has 0 unspecified atom stereocenters. The van der Waals surface area contributed by atoms with E-state index < -0.39 is 20.5 Å². The third-order valence-electron chi connectivity index (χ3n) is 2.65. The average molecular weight is 418 g/mol. The maximum atomic E-state index is 8.49. The first kappa shape index (κ1) is 24.4. The predicted molar refractivity (Wildman–Crippen MR) is 59.3 cm³/mol. The first-order valence-electron chi connectivity index (χ1n) is 6.42. The molecule has 2 rings (SSSR count). The summed E-state index contributed by atoms with van der Waals surface area (Å²) in [6.07, 6.45) is 8.05. The second-order valence-electron chi connectivity index (χ2n) is 4.82. The maximum absolute atomic E-state index is 8.49. The maximum Gasteiger partial charge on any atom is 0.297 e. The van der Waals surface area contributed by atoms with E-state index in [1.165, 1.54) is 0 Å². The Kier molecular flexibility index (Phi) is 9.26. The molecule has 0 saturated carbocycles. The van der Waals surface area contributed by atoms with Crippen molar-refractivity contribution in [3.05, 3.63) is 36.3 Å².